The first-order valence-electron chi connectivity index (χ1n) is 6.05. The Hall–Kier alpha value is -1.55. The van der Waals surface area contributed by atoms with Crippen LogP contribution in [0.1, 0.15) is 11.5 Å². The van der Waals surface area contributed by atoms with E-state index in [0.29, 0.717) is 13.2 Å². The Labute approximate surface area is 101 Å². The number of hydrogen-bond acceptors (Lipinski definition) is 3. The number of hydrogen-bond donors (Lipinski definition) is 1. The van der Waals surface area contributed by atoms with E-state index in [1.165, 1.54) is 0 Å². The second kappa shape index (κ2) is 4.37. The first-order chi connectivity index (χ1) is 8.36. The molecule has 2 aliphatic rings. The van der Waals surface area contributed by atoms with Crippen molar-refractivity contribution in [2.45, 2.75) is 5.92 Å². The molecule has 3 rings (SSSR count). The van der Waals surface area contributed by atoms with Crippen LogP contribution in [0.2, 0.25) is 0 Å². The van der Waals surface area contributed by atoms with Gasteiger partial charge in [0, 0.05) is 25.3 Å². The molecule has 1 amide bonds. The van der Waals surface area contributed by atoms with E-state index in [1.807, 2.05) is 29.2 Å². The molecule has 1 atom stereocenters. The minimum atomic E-state index is -0.0238. The van der Waals surface area contributed by atoms with Gasteiger partial charge in [-0.15, -0.1) is 0 Å². The molecule has 1 unspecified atom stereocenters. The average Bonchev–Trinajstić information content (AvgIpc) is 2.83. The minimum absolute atomic E-state index is 0.0238. The Morgan fingerprint density at radius 3 is 2.88 bits per heavy atom. The maximum Gasteiger partial charge on any atom is 0.232 e. The highest BCUT2D eigenvalue weighted by molar-refractivity contribution is 5.88. The first kappa shape index (κ1) is 10.6. The van der Waals surface area contributed by atoms with Crippen LogP contribution in [0.15, 0.2) is 24.3 Å². The first-order valence-corrected chi connectivity index (χ1v) is 6.05. The molecule has 1 N–H and O–H groups in total. The van der Waals surface area contributed by atoms with Crippen LogP contribution in [0, 0.1) is 0 Å². The molecule has 0 bridgehead atoms. The van der Waals surface area contributed by atoms with Crippen molar-refractivity contribution in [2.24, 2.45) is 0 Å². The van der Waals surface area contributed by atoms with Crippen LogP contribution in [0.25, 0.3) is 0 Å². The lowest BCUT2D eigenvalue weighted by Gasteiger charge is -2.29. The number of nitrogens with zero attached hydrogens (tertiary/aromatic N) is 1. The number of benzene rings is 1. The molecule has 1 saturated heterocycles. The molecule has 0 radical (unpaired) electrons. The smallest absolute Gasteiger partial charge is 0.232 e. The van der Waals surface area contributed by atoms with Crippen molar-refractivity contribution >= 4 is 11.6 Å². The molecule has 90 valence electrons. The van der Waals surface area contributed by atoms with E-state index < -0.39 is 0 Å². The number of rotatable bonds is 1. The summed E-state index contributed by atoms with van der Waals surface area (Å²) in [5.74, 6) is 0.204. The summed E-state index contributed by atoms with van der Waals surface area (Å²) in [5, 5.41) is 3.29. The fourth-order valence-electron chi connectivity index (χ4n) is 2.51. The van der Waals surface area contributed by atoms with Gasteiger partial charge in [-0.05, 0) is 11.6 Å². The number of carbonyl (C=O) groups excluding carboxylic acids is 1. The molecule has 2 heterocycles. The van der Waals surface area contributed by atoms with Crippen molar-refractivity contribution in [2.75, 3.05) is 38.2 Å². The van der Waals surface area contributed by atoms with Crippen molar-refractivity contribution < 1.29 is 9.53 Å². The maximum atomic E-state index is 12.4. The summed E-state index contributed by atoms with van der Waals surface area (Å²) >= 11 is 0. The second-order valence-electron chi connectivity index (χ2n) is 4.46. The Balaban J connectivity index is 1.79. The number of morpholine rings is 1. The third kappa shape index (κ3) is 1.89. The van der Waals surface area contributed by atoms with Gasteiger partial charge in [-0.3, -0.25) is 4.79 Å². The van der Waals surface area contributed by atoms with Gasteiger partial charge < -0.3 is 15.0 Å². The van der Waals surface area contributed by atoms with Crippen molar-refractivity contribution in [3.63, 3.8) is 0 Å². The Morgan fingerprint density at radius 1 is 1.29 bits per heavy atom. The topological polar surface area (TPSA) is 41.6 Å². The van der Waals surface area contributed by atoms with Gasteiger partial charge >= 0.3 is 0 Å². The predicted molar refractivity (Wildman–Crippen MR) is 65.1 cm³/mol. The largest absolute Gasteiger partial charge is 0.384 e. The summed E-state index contributed by atoms with van der Waals surface area (Å²) in [5.41, 5.74) is 2.23. The third-order valence-corrected chi connectivity index (χ3v) is 3.45. The molecule has 17 heavy (non-hydrogen) atoms. The van der Waals surface area contributed by atoms with E-state index in [1.54, 1.807) is 0 Å². The summed E-state index contributed by atoms with van der Waals surface area (Å²) in [7, 11) is 0. The molecule has 0 spiro atoms. The number of nitrogens with one attached hydrogen (secondary N) is 1. The summed E-state index contributed by atoms with van der Waals surface area (Å²) in [6.45, 7) is 3.48. The molecular weight excluding hydrogens is 216 g/mol. The highest BCUT2D eigenvalue weighted by atomic mass is 16.5. The highest BCUT2D eigenvalue weighted by Gasteiger charge is 2.31. The standard InChI is InChI=1S/C13H16N2O2/c16-13(15-5-7-17-8-6-15)11-9-14-12-4-2-1-3-10(11)12/h1-4,11,14H,5-9H2. The lowest BCUT2D eigenvalue weighted by Crippen LogP contribution is -2.43. The van der Waals surface area contributed by atoms with Gasteiger partial charge in [0.1, 0.15) is 0 Å². The van der Waals surface area contributed by atoms with Gasteiger partial charge in [0.25, 0.3) is 0 Å². The van der Waals surface area contributed by atoms with Gasteiger partial charge in [0.2, 0.25) is 5.91 Å². The quantitative estimate of drug-likeness (QED) is 0.787. The van der Waals surface area contributed by atoms with E-state index in [0.717, 1.165) is 30.9 Å². The minimum Gasteiger partial charge on any atom is -0.384 e. The van der Waals surface area contributed by atoms with Crippen LogP contribution in [-0.2, 0) is 9.53 Å². The van der Waals surface area contributed by atoms with Crippen LogP contribution in [0.4, 0.5) is 5.69 Å². The number of ether oxygens (including phenoxy) is 1. The van der Waals surface area contributed by atoms with Crippen LogP contribution >= 0.6 is 0 Å². The summed E-state index contributed by atoms with van der Waals surface area (Å²) in [6, 6.07) is 8.05. The molecule has 1 aromatic carbocycles. The van der Waals surface area contributed by atoms with Crippen molar-refractivity contribution in [1.29, 1.82) is 0 Å². The molecule has 4 heteroatoms. The molecule has 1 fully saturated rings. The fraction of sp³-hybridized carbons (Fsp3) is 0.462. The van der Waals surface area contributed by atoms with Gasteiger partial charge in [-0.2, -0.15) is 0 Å². The molecule has 2 aliphatic heterocycles. The lowest BCUT2D eigenvalue weighted by atomic mass is 10.00. The van der Waals surface area contributed by atoms with Crippen LogP contribution in [0.5, 0.6) is 0 Å². The van der Waals surface area contributed by atoms with Crippen molar-refractivity contribution in [3.05, 3.63) is 29.8 Å². The molecule has 0 aromatic heterocycles. The Bertz CT molecular complexity index is 427. The number of anilines is 1. The summed E-state index contributed by atoms with van der Waals surface area (Å²) < 4.78 is 5.27. The second-order valence-corrected chi connectivity index (χ2v) is 4.46. The number of fused-ring (bicyclic) bond motifs is 1. The molecule has 4 nitrogen and oxygen atoms in total. The Kier molecular flexibility index (Phi) is 2.73. The predicted octanol–water partition coefficient (Wildman–Crippen LogP) is 1.05. The van der Waals surface area contributed by atoms with Gasteiger partial charge in [-0.1, -0.05) is 18.2 Å². The molecule has 1 aromatic rings. The van der Waals surface area contributed by atoms with Crippen molar-refractivity contribution in [1.82, 2.24) is 4.90 Å². The third-order valence-electron chi connectivity index (χ3n) is 3.45. The zero-order valence-electron chi connectivity index (χ0n) is 9.69. The number of amides is 1. The molecule has 0 saturated carbocycles. The van der Waals surface area contributed by atoms with Gasteiger partial charge in [-0.25, -0.2) is 0 Å². The van der Waals surface area contributed by atoms with Crippen LogP contribution in [0.3, 0.4) is 0 Å². The van der Waals surface area contributed by atoms with Crippen LogP contribution in [-0.4, -0.2) is 43.7 Å². The lowest BCUT2D eigenvalue weighted by molar-refractivity contribution is -0.136. The molecule has 0 aliphatic carbocycles. The fourth-order valence-corrected chi connectivity index (χ4v) is 2.51. The highest BCUT2D eigenvalue weighted by Crippen LogP contribution is 2.32. The number of para-hydroxylation sites is 1. The number of carbonyl (C=O) groups is 1. The van der Waals surface area contributed by atoms with E-state index in [-0.39, 0.29) is 11.8 Å². The zero-order chi connectivity index (χ0) is 11.7. The summed E-state index contributed by atoms with van der Waals surface area (Å²) in [6.07, 6.45) is 0. The monoisotopic (exact) mass is 232 g/mol. The van der Waals surface area contributed by atoms with Crippen molar-refractivity contribution in [3.8, 4) is 0 Å². The average molecular weight is 232 g/mol. The molecular formula is C13H16N2O2. The van der Waals surface area contributed by atoms with E-state index >= 15 is 0 Å². The van der Waals surface area contributed by atoms with E-state index in [2.05, 4.69) is 5.32 Å². The SMILES string of the molecule is O=C(C1CNc2ccccc21)N1CCOCC1. The van der Waals surface area contributed by atoms with E-state index in [4.69, 9.17) is 4.74 Å². The maximum absolute atomic E-state index is 12.4. The summed E-state index contributed by atoms with van der Waals surface area (Å²) in [4.78, 5) is 14.3. The van der Waals surface area contributed by atoms with Gasteiger partial charge in [0.05, 0.1) is 19.1 Å². The van der Waals surface area contributed by atoms with E-state index in [9.17, 15) is 4.79 Å². The van der Waals surface area contributed by atoms with Gasteiger partial charge in [0.15, 0.2) is 0 Å². The zero-order valence-corrected chi connectivity index (χ0v) is 9.69. The Morgan fingerprint density at radius 2 is 2.06 bits per heavy atom. The normalized spacial score (nSPS) is 23.1. The van der Waals surface area contributed by atoms with Crippen LogP contribution < -0.4 is 5.32 Å².